The molecule has 5 heteroatoms. The van der Waals surface area contributed by atoms with Crippen molar-refractivity contribution in [3.63, 3.8) is 0 Å². The Labute approximate surface area is 118 Å². The molecule has 106 valence electrons. The molecule has 0 spiro atoms. The third kappa shape index (κ3) is 2.72. The van der Waals surface area contributed by atoms with Crippen LogP contribution in [-0.4, -0.2) is 41.1 Å². The molecule has 0 saturated heterocycles. The van der Waals surface area contributed by atoms with Crippen LogP contribution in [0, 0.1) is 5.82 Å². The minimum Gasteiger partial charge on any atom is -0.359 e. The summed E-state index contributed by atoms with van der Waals surface area (Å²) in [5, 5.41) is 0. The molecule has 0 fully saturated rings. The molecule has 1 aliphatic rings. The quantitative estimate of drug-likeness (QED) is 0.850. The van der Waals surface area contributed by atoms with Crippen molar-refractivity contribution in [3.05, 3.63) is 60.8 Å². The Bertz CT molecular complexity index is 541. The summed E-state index contributed by atoms with van der Waals surface area (Å²) in [5.41, 5.74) is 7.42. The lowest BCUT2D eigenvalue weighted by Gasteiger charge is -2.36. The molecule has 2 N–H and O–H groups in total. The number of pyridine rings is 1. The lowest BCUT2D eigenvalue weighted by Crippen LogP contribution is -2.48. The van der Waals surface area contributed by atoms with E-state index in [-0.39, 0.29) is 18.0 Å². The first-order valence-corrected chi connectivity index (χ1v) is 6.38. The van der Waals surface area contributed by atoms with Crippen LogP contribution >= 0.6 is 0 Å². The van der Waals surface area contributed by atoms with E-state index in [1.165, 1.54) is 18.3 Å². The number of rotatable bonds is 4. The Hall–Kier alpha value is -2.14. The highest BCUT2D eigenvalue weighted by Gasteiger charge is 2.29. The zero-order valence-electron chi connectivity index (χ0n) is 11.7. The van der Waals surface area contributed by atoms with E-state index in [1.54, 1.807) is 12.2 Å². The van der Waals surface area contributed by atoms with Gasteiger partial charge in [-0.15, -0.1) is 0 Å². The minimum absolute atomic E-state index is 0.0359. The maximum absolute atomic E-state index is 13.4. The summed E-state index contributed by atoms with van der Waals surface area (Å²) in [5.74, 6) is -0.319. The number of hydrogen-bond donors (Lipinski definition) is 1. The van der Waals surface area contributed by atoms with Crippen LogP contribution < -0.4 is 5.73 Å². The first-order chi connectivity index (χ1) is 9.54. The van der Waals surface area contributed by atoms with Crippen molar-refractivity contribution < 1.29 is 4.39 Å². The fraction of sp³-hybridized carbons (Fsp3) is 0.267. The predicted octanol–water partition coefficient (Wildman–Crippen LogP) is 1.79. The van der Waals surface area contributed by atoms with Crippen LogP contribution in [0.1, 0.15) is 5.69 Å². The smallest absolute Gasteiger partial charge is 0.126 e. The summed E-state index contributed by atoms with van der Waals surface area (Å²) in [4.78, 5) is 8.22. The molecule has 1 aromatic heterocycles. The summed E-state index contributed by atoms with van der Waals surface area (Å²) in [7, 11) is 3.87. The molecule has 0 aliphatic carbocycles. The van der Waals surface area contributed by atoms with Crippen molar-refractivity contribution in [1.29, 1.82) is 0 Å². The topological polar surface area (TPSA) is 45.4 Å². The second kappa shape index (κ2) is 5.88. The van der Waals surface area contributed by atoms with Crippen LogP contribution in [0.3, 0.4) is 0 Å². The summed E-state index contributed by atoms with van der Waals surface area (Å²) >= 11 is 0. The van der Waals surface area contributed by atoms with Crippen molar-refractivity contribution in [2.75, 3.05) is 14.1 Å². The molecule has 2 atom stereocenters. The van der Waals surface area contributed by atoms with Crippen molar-refractivity contribution in [1.82, 2.24) is 14.8 Å². The molecule has 0 saturated carbocycles. The van der Waals surface area contributed by atoms with E-state index >= 15 is 0 Å². The first kappa shape index (κ1) is 14.3. The van der Waals surface area contributed by atoms with E-state index in [0.29, 0.717) is 5.69 Å². The van der Waals surface area contributed by atoms with Gasteiger partial charge in [0.15, 0.2) is 0 Å². The van der Waals surface area contributed by atoms with Gasteiger partial charge in [-0.05, 0) is 24.4 Å². The van der Waals surface area contributed by atoms with Gasteiger partial charge >= 0.3 is 0 Å². The predicted molar refractivity (Wildman–Crippen MR) is 78.8 cm³/mol. The first-order valence-electron chi connectivity index (χ1n) is 6.38. The molecule has 0 aromatic carbocycles. The zero-order chi connectivity index (χ0) is 14.7. The Morgan fingerprint density at radius 2 is 2.35 bits per heavy atom. The standard InChI is InChI=1S/C15H19FN4/c1-4-5-14(13-10-11(16)6-8-18-13)20(3)15-12(17)7-9-19(15)2/h4-10,12,15H,1,17H2,2-3H3/b14-5-. The fourth-order valence-electron chi connectivity index (χ4n) is 2.41. The second-order valence-corrected chi connectivity index (χ2v) is 4.76. The molecule has 4 nitrogen and oxygen atoms in total. The number of nitrogens with zero attached hydrogens (tertiary/aromatic N) is 3. The van der Waals surface area contributed by atoms with Crippen LogP contribution in [0.15, 0.2) is 49.3 Å². The summed E-state index contributed by atoms with van der Waals surface area (Å²) < 4.78 is 13.4. The fourth-order valence-corrected chi connectivity index (χ4v) is 2.41. The van der Waals surface area contributed by atoms with Crippen molar-refractivity contribution >= 4 is 5.70 Å². The molecule has 0 bridgehead atoms. The highest BCUT2D eigenvalue weighted by atomic mass is 19.1. The summed E-state index contributed by atoms with van der Waals surface area (Å²) in [6.07, 6.45) is 8.76. The van der Waals surface area contributed by atoms with Gasteiger partial charge in [0.25, 0.3) is 0 Å². The number of nitrogens with two attached hydrogens (primary N) is 1. The molecule has 0 radical (unpaired) electrons. The van der Waals surface area contributed by atoms with Crippen LogP contribution in [0.2, 0.25) is 0 Å². The molecule has 2 heterocycles. The summed E-state index contributed by atoms with van der Waals surface area (Å²) in [6.45, 7) is 3.71. The highest BCUT2D eigenvalue weighted by Crippen LogP contribution is 2.24. The van der Waals surface area contributed by atoms with Crippen LogP contribution in [-0.2, 0) is 0 Å². The Kier molecular flexibility index (Phi) is 4.20. The number of halogens is 1. The van der Waals surface area contributed by atoms with Crippen LogP contribution in [0.5, 0.6) is 0 Å². The van der Waals surface area contributed by atoms with Gasteiger partial charge in [-0.2, -0.15) is 0 Å². The molecular formula is C15H19FN4. The minimum atomic E-state index is -0.319. The normalized spacial score (nSPS) is 22.2. The SMILES string of the molecule is C=C/C=C(/c1cc(F)ccn1)N(C)C1C(N)C=CN1C. The van der Waals surface area contributed by atoms with Gasteiger partial charge in [0.2, 0.25) is 0 Å². The molecule has 2 rings (SSSR count). The van der Waals surface area contributed by atoms with Gasteiger partial charge in [0.05, 0.1) is 17.4 Å². The number of hydrogen-bond acceptors (Lipinski definition) is 4. The van der Waals surface area contributed by atoms with Crippen molar-refractivity contribution in [2.45, 2.75) is 12.2 Å². The lowest BCUT2D eigenvalue weighted by molar-refractivity contribution is 0.182. The lowest BCUT2D eigenvalue weighted by atomic mass is 10.1. The van der Waals surface area contributed by atoms with E-state index in [4.69, 9.17) is 5.73 Å². The highest BCUT2D eigenvalue weighted by molar-refractivity contribution is 5.62. The van der Waals surface area contributed by atoms with Gasteiger partial charge in [0, 0.05) is 26.4 Å². The zero-order valence-corrected chi connectivity index (χ0v) is 11.7. The Morgan fingerprint density at radius 1 is 1.60 bits per heavy atom. The molecular weight excluding hydrogens is 255 g/mol. The third-order valence-electron chi connectivity index (χ3n) is 3.34. The van der Waals surface area contributed by atoms with Gasteiger partial charge < -0.3 is 15.5 Å². The summed E-state index contributed by atoms with van der Waals surface area (Å²) in [6, 6.07) is 2.61. The number of likely N-dealkylation sites (N-methyl/N-ethyl adjacent to an activating group) is 2. The second-order valence-electron chi connectivity index (χ2n) is 4.76. The van der Waals surface area contributed by atoms with Gasteiger partial charge in [-0.25, -0.2) is 4.39 Å². The maximum atomic E-state index is 13.4. The average Bonchev–Trinajstić information content (AvgIpc) is 2.75. The Balaban J connectivity index is 2.34. The molecule has 20 heavy (non-hydrogen) atoms. The average molecular weight is 274 g/mol. The van der Waals surface area contributed by atoms with E-state index < -0.39 is 0 Å². The number of aromatic nitrogens is 1. The van der Waals surface area contributed by atoms with Crippen LogP contribution in [0.4, 0.5) is 4.39 Å². The van der Waals surface area contributed by atoms with Gasteiger partial charge in [0.1, 0.15) is 12.0 Å². The molecule has 1 aliphatic heterocycles. The molecule has 2 unspecified atom stereocenters. The van der Waals surface area contributed by atoms with Crippen molar-refractivity contribution in [2.24, 2.45) is 5.73 Å². The molecule has 0 amide bonds. The van der Waals surface area contributed by atoms with Gasteiger partial charge in [-0.3, -0.25) is 4.98 Å². The Morgan fingerprint density at radius 3 is 2.90 bits per heavy atom. The molecule has 1 aromatic rings. The third-order valence-corrected chi connectivity index (χ3v) is 3.34. The monoisotopic (exact) mass is 274 g/mol. The van der Waals surface area contributed by atoms with E-state index in [2.05, 4.69) is 11.6 Å². The van der Waals surface area contributed by atoms with E-state index in [0.717, 1.165) is 5.70 Å². The number of allylic oxidation sites excluding steroid dienone is 2. The van der Waals surface area contributed by atoms with E-state index in [1.807, 2.05) is 36.2 Å². The van der Waals surface area contributed by atoms with E-state index in [9.17, 15) is 4.39 Å². The van der Waals surface area contributed by atoms with Crippen LogP contribution in [0.25, 0.3) is 5.70 Å². The largest absolute Gasteiger partial charge is 0.359 e. The maximum Gasteiger partial charge on any atom is 0.126 e. The van der Waals surface area contributed by atoms with Crippen molar-refractivity contribution in [3.8, 4) is 0 Å². The van der Waals surface area contributed by atoms with Gasteiger partial charge in [-0.1, -0.05) is 12.7 Å².